The van der Waals surface area contributed by atoms with Crippen molar-refractivity contribution >= 4 is 11.8 Å². The third-order valence-electron chi connectivity index (χ3n) is 3.68. The molecule has 1 saturated heterocycles. The maximum atomic E-state index is 12.0. The number of likely N-dealkylation sites (tertiary alicyclic amines) is 1. The fourth-order valence-corrected chi connectivity index (χ4v) is 2.46. The van der Waals surface area contributed by atoms with Crippen molar-refractivity contribution in [3.05, 3.63) is 29.8 Å². The van der Waals surface area contributed by atoms with Crippen LogP contribution in [0.1, 0.15) is 18.4 Å². The summed E-state index contributed by atoms with van der Waals surface area (Å²) in [6.45, 7) is 0.539. The summed E-state index contributed by atoms with van der Waals surface area (Å²) < 4.78 is 5.27. The Bertz CT molecular complexity index is 502. The van der Waals surface area contributed by atoms with Crippen molar-refractivity contribution in [2.75, 3.05) is 20.7 Å². The van der Waals surface area contributed by atoms with E-state index in [0.717, 1.165) is 11.3 Å². The summed E-state index contributed by atoms with van der Waals surface area (Å²) in [5.41, 5.74) is 1.06. The Morgan fingerprint density at radius 1 is 1.45 bits per heavy atom. The number of likely N-dealkylation sites (N-methyl/N-ethyl adjacent to an activating group) is 1. The number of rotatable bonds is 5. The summed E-state index contributed by atoms with van der Waals surface area (Å²) in [7, 11) is 3.32. The number of hydrogen-bond acceptors (Lipinski definition) is 3. The predicted octanol–water partition coefficient (Wildman–Crippen LogP) is 0.975. The van der Waals surface area contributed by atoms with Crippen LogP contribution in [0.4, 0.5) is 0 Å². The molecule has 1 aromatic rings. The monoisotopic (exact) mass is 276 g/mol. The molecule has 5 heteroatoms. The number of carbonyl (C=O) groups is 2. The largest absolute Gasteiger partial charge is 0.496 e. The molecule has 20 heavy (non-hydrogen) atoms. The lowest BCUT2D eigenvalue weighted by Gasteiger charge is -2.19. The summed E-state index contributed by atoms with van der Waals surface area (Å²) in [4.78, 5) is 24.9. The maximum absolute atomic E-state index is 12.0. The zero-order valence-electron chi connectivity index (χ0n) is 11.9. The van der Waals surface area contributed by atoms with Crippen LogP contribution in [-0.2, 0) is 16.0 Å². The molecule has 0 radical (unpaired) electrons. The first kappa shape index (κ1) is 14.4. The number of methoxy groups -OCH3 is 1. The number of ether oxygens (including phenoxy) is 1. The average molecular weight is 276 g/mol. The van der Waals surface area contributed by atoms with Gasteiger partial charge in [-0.1, -0.05) is 18.2 Å². The summed E-state index contributed by atoms with van der Waals surface area (Å²) in [6.07, 6.45) is 1.77. The molecule has 0 spiro atoms. The van der Waals surface area contributed by atoms with E-state index >= 15 is 0 Å². The second kappa shape index (κ2) is 6.41. The van der Waals surface area contributed by atoms with Gasteiger partial charge in [-0.15, -0.1) is 0 Å². The van der Waals surface area contributed by atoms with E-state index < -0.39 is 0 Å². The average Bonchev–Trinajstić information content (AvgIpc) is 2.79. The molecule has 1 aromatic carbocycles. The van der Waals surface area contributed by atoms with E-state index in [9.17, 15) is 9.59 Å². The Kier molecular flexibility index (Phi) is 4.61. The second-order valence-electron chi connectivity index (χ2n) is 4.91. The molecule has 2 rings (SSSR count). The summed E-state index contributed by atoms with van der Waals surface area (Å²) >= 11 is 0. The van der Waals surface area contributed by atoms with Gasteiger partial charge in [-0.2, -0.15) is 0 Å². The molecule has 1 aliphatic rings. The first-order chi connectivity index (χ1) is 9.63. The minimum absolute atomic E-state index is 0.0369. The lowest BCUT2D eigenvalue weighted by molar-refractivity contribution is -0.133. The van der Waals surface area contributed by atoms with Crippen LogP contribution in [0.15, 0.2) is 24.3 Å². The summed E-state index contributed by atoms with van der Waals surface area (Å²) in [5, 5.41) is 2.89. The van der Waals surface area contributed by atoms with Gasteiger partial charge in [-0.25, -0.2) is 0 Å². The molecular weight excluding hydrogens is 256 g/mol. The van der Waals surface area contributed by atoms with Gasteiger partial charge in [0.15, 0.2) is 0 Å². The van der Waals surface area contributed by atoms with Crippen molar-refractivity contribution in [2.24, 2.45) is 0 Å². The quantitative estimate of drug-likeness (QED) is 0.872. The van der Waals surface area contributed by atoms with Crippen LogP contribution in [-0.4, -0.2) is 43.5 Å². The van der Waals surface area contributed by atoms with Gasteiger partial charge in [-0.05, 0) is 24.5 Å². The van der Waals surface area contributed by atoms with Crippen molar-refractivity contribution in [1.29, 1.82) is 0 Å². The Morgan fingerprint density at radius 2 is 2.20 bits per heavy atom. The SMILES string of the molecule is COc1ccccc1CCNC(=O)C1CCC(=O)N1C. The Hall–Kier alpha value is -2.04. The van der Waals surface area contributed by atoms with Crippen LogP contribution in [0.25, 0.3) is 0 Å². The smallest absolute Gasteiger partial charge is 0.242 e. The number of para-hydroxylation sites is 1. The van der Waals surface area contributed by atoms with Gasteiger partial charge >= 0.3 is 0 Å². The number of nitrogens with zero attached hydrogens (tertiary/aromatic N) is 1. The standard InChI is InChI=1S/C15H20N2O3/c1-17-12(7-8-14(17)18)15(19)16-10-9-11-5-3-4-6-13(11)20-2/h3-6,12H,7-10H2,1-2H3,(H,16,19). The summed E-state index contributed by atoms with van der Waals surface area (Å²) in [5.74, 6) is 0.790. The fourth-order valence-electron chi connectivity index (χ4n) is 2.46. The molecule has 1 aliphatic heterocycles. The van der Waals surface area contributed by atoms with Crippen LogP contribution in [0.2, 0.25) is 0 Å². The molecule has 2 amide bonds. The minimum atomic E-state index is -0.319. The van der Waals surface area contributed by atoms with Gasteiger partial charge in [0.25, 0.3) is 0 Å². The van der Waals surface area contributed by atoms with Gasteiger partial charge in [0.05, 0.1) is 7.11 Å². The highest BCUT2D eigenvalue weighted by molar-refractivity contribution is 5.90. The summed E-state index contributed by atoms with van der Waals surface area (Å²) in [6, 6.07) is 7.43. The van der Waals surface area contributed by atoms with Crippen molar-refractivity contribution in [1.82, 2.24) is 10.2 Å². The molecule has 1 unspecified atom stereocenters. The van der Waals surface area contributed by atoms with Gasteiger partial charge < -0.3 is 15.0 Å². The number of hydrogen-bond donors (Lipinski definition) is 1. The number of amides is 2. The van der Waals surface area contributed by atoms with Crippen LogP contribution >= 0.6 is 0 Å². The van der Waals surface area contributed by atoms with Gasteiger partial charge in [0.2, 0.25) is 11.8 Å². The lowest BCUT2D eigenvalue weighted by atomic mass is 10.1. The molecule has 1 atom stereocenters. The van der Waals surface area contributed by atoms with Crippen molar-refractivity contribution in [3.8, 4) is 5.75 Å². The molecule has 0 bridgehead atoms. The normalized spacial score (nSPS) is 18.2. The highest BCUT2D eigenvalue weighted by Gasteiger charge is 2.32. The predicted molar refractivity (Wildman–Crippen MR) is 75.5 cm³/mol. The third kappa shape index (κ3) is 3.10. The molecule has 1 fully saturated rings. The first-order valence-corrected chi connectivity index (χ1v) is 6.78. The van der Waals surface area contributed by atoms with E-state index in [0.29, 0.717) is 25.8 Å². The van der Waals surface area contributed by atoms with Gasteiger partial charge in [0.1, 0.15) is 11.8 Å². The lowest BCUT2D eigenvalue weighted by Crippen LogP contribution is -2.43. The number of benzene rings is 1. The molecule has 0 saturated carbocycles. The van der Waals surface area contributed by atoms with Crippen molar-refractivity contribution in [3.63, 3.8) is 0 Å². The number of nitrogens with one attached hydrogen (secondary N) is 1. The Morgan fingerprint density at radius 3 is 2.85 bits per heavy atom. The zero-order valence-corrected chi connectivity index (χ0v) is 11.9. The molecule has 5 nitrogen and oxygen atoms in total. The topological polar surface area (TPSA) is 58.6 Å². The Labute approximate surface area is 118 Å². The zero-order chi connectivity index (χ0) is 14.5. The van der Waals surface area contributed by atoms with E-state index in [1.165, 1.54) is 4.90 Å². The van der Waals surface area contributed by atoms with E-state index in [-0.39, 0.29) is 17.9 Å². The Balaban J connectivity index is 1.84. The first-order valence-electron chi connectivity index (χ1n) is 6.78. The molecule has 1 N–H and O–H groups in total. The van der Waals surface area contributed by atoms with E-state index in [1.807, 2.05) is 24.3 Å². The van der Waals surface area contributed by atoms with Crippen molar-refractivity contribution in [2.45, 2.75) is 25.3 Å². The van der Waals surface area contributed by atoms with Crippen LogP contribution < -0.4 is 10.1 Å². The van der Waals surface area contributed by atoms with Crippen LogP contribution in [0.3, 0.4) is 0 Å². The molecular formula is C15H20N2O3. The van der Waals surface area contributed by atoms with Crippen molar-refractivity contribution < 1.29 is 14.3 Å². The van der Waals surface area contributed by atoms with Gasteiger partial charge in [-0.3, -0.25) is 9.59 Å². The van der Waals surface area contributed by atoms with Crippen LogP contribution in [0.5, 0.6) is 5.75 Å². The minimum Gasteiger partial charge on any atom is -0.496 e. The fraction of sp³-hybridized carbons (Fsp3) is 0.467. The van der Waals surface area contributed by atoms with E-state index in [2.05, 4.69) is 5.32 Å². The highest BCUT2D eigenvalue weighted by atomic mass is 16.5. The molecule has 108 valence electrons. The maximum Gasteiger partial charge on any atom is 0.242 e. The van der Waals surface area contributed by atoms with E-state index in [1.54, 1.807) is 14.2 Å². The van der Waals surface area contributed by atoms with Gasteiger partial charge in [0, 0.05) is 20.0 Å². The highest BCUT2D eigenvalue weighted by Crippen LogP contribution is 2.18. The molecule has 0 aromatic heterocycles. The molecule has 1 heterocycles. The molecule has 0 aliphatic carbocycles. The number of carbonyl (C=O) groups excluding carboxylic acids is 2. The van der Waals surface area contributed by atoms with Crippen LogP contribution in [0, 0.1) is 0 Å². The van der Waals surface area contributed by atoms with E-state index in [4.69, 9.17) is 4.74 Å². The third-order valence-corrected chi connectivity index (χ3v) is 3.68. The second-order valence-corrected chi connectivity index (χ2v) is 4.91.